The van der Waals surface area contributed by atoms with E-state index in [0.717, 1.165) is 42.9 Å². The van der Waals surface area contributed by atoms with E-state index in [1.54, 1.807) is 7.11 Å². The molecule has 1 amide bonds. The van der Waals surface area contributed by atoms with Crippen molar-refractivity contribution in [3.05, 3.63) is 11.3 Å². The molecule has 0 saturated carbocycles. The highest BCUT2D eigenvalue weighted by Crippen LogP contribution is 2.32. The van der Waals surface area contributed by atoms with E-state index in [-0.39, 0.29) is 17.9 Å². The number of nitrogens with two attached hydrogens (primary N) is 1. The summed E-state index contributed by atoms with van der Waals surface area (Å²) in [4.78, 5) is 25.8. The molecule has 7 nitrogen and oxygen atoms in total. The number of nitrogen functional groups attached to an aromatic ring is 1. The van der Waals surface area contributed by atoms with Crippen molar-refractivity contribution in [1.82, 2.24) is 14.9 Å². The number of aryl methyl sites for hydroxylation is 1. The summed E-state index contributed by atoms with van der Waals surface area (Å²) in [6.45, 7) is 6.86. The van der Waals surface area contributed by atoms with Crippen LogP contribution < -0.4 is 10.6 Å². The molecule has 7 heteroatoms. The number of aromatic nitrogens is 2. The second-order valence-electron chi connectivity index (χ2n) is 6.69. The number of carbonyl (C=O) groups excluding carboxylic acids is 1. The average Bonchev–Trinajstić information content (AvgIpc) is 2.86. The smallest absolute Gasteiger partial charge is 0.227 e. The number of anilines is 2. The molecular formula is C17H27N5O2. The number of hydrogen-bond acceptors (Lipinski definition) is 6. The van der Waals surface area contributed by atoms with Gasteiger partial charge in [0, 0.05) is 38.3 Å². The van der Waals surface area contributed by atoms with Gasteiger partial charge in [-0.3, -0.25) is 4.79 Å². The van der Waals surface area contributed by atoms with Gasteiger partial charge in [-0.25, -0.2) is 4.98 Å². The first-order valence-corrected chi connectivity index (χ1v) is 8.72. The maximum absolute atomic E-state index is 12.8. The van der Waals surface area contributed by atoms with E-state index in [9.17, 15) is 4.79 Å². The van der Waals surface area contributed by atoms with Gasteiger partial charge in [-0.15, -0.1) is 0 Å². The van der Waals surface area contributed by atoms with Gasteiger partial charge in [0.2, 0.25) is 11.9 Å². The number of hydrogen-bond donors (Lipinski definition) is 1. The Hall–Kier alpha value is -1.89. The monoisotopic (exact) mass is 333 g/mol. The SMILES string of the molecule is CCc1nc(N)nc(N2CC3CCC(C2)N(CCOC)C3=O)c1C. The van der Waals surface area contributed by atoms with Crippen molar-refractivity contribution in [3.63, 3.8) is 0 Å². The zero-order valence-electron chi connectivity index (χ0n) is 14.8. The zero-order chi connectivity index (χ0) is 17.3. The van der Waals surface area contributed by atoms with Gasteiger partial charge >= 0.3 is 0 Å². The lowest BCUT2D eigenvalue weighted by atomic mass is 9.94. The Morgan fingerprint density at radius 3 is 2.79 bits per heavy atom. The maximum atomic E-state index is 12.8. The number of nitrogens with zero attached hydrogens (tertiary/aromatic N) is 4. The molecule has 4 heterocycles. The van der Waals surface area contributed by atoms with E-state index < -0.39 is 0 Å². The molecule has 0 aliphatic carbocycles. The maximum Gasteiger partial charge on any atom is 0.227 e. The first-order chi connectivity index (χ1) is 11.5. The molecule has 3 aliphatic rings. The summed E-state index contributed by atoms with van der Waals surface area (Å²) < 4.78 is 5.17. The fourth-order valence-corrected chi connectivity index (χ4v) is 3.92. The van der Waals surface area contributed by atoms with Crippen LogP contribution in [0.25, 0.3) is 0 Å². The summed E-state index contributed by atoms with van der Waals surface area (Å²) in [5.74, 6) is 1.48. The van der Waals surface area contributed by atoms with Crippen LogP contribution in [0.15, 0.2) is 0 Å². The van der Waals surface area contributed by atoms with Gasteiger partial charge < -0.3 is 20.3 Å². The summed E-state index contributed by atoms with van der Waals surface area (Å²) in [6, 6.07) is 0.215. The third kappa shape index (κ3) is 3.05. The van der Waals surface area contributed by atoms with Gasteiger partial charge in [0.25, 0.3) is 0 Å². The van der Waals surface area contributed by atoms with Crippen molar-refractivity contribution >= 4 is 17.7 Å². The van der Waals surface area contributed by atoms with Crippen LogP contribution in [0.1, 0.15) is 31.0 Å². The van der Waals surface area contributed by atoms with Crippen molar-refractivity contribution < 1.29 is 9.53 Å². The number of amides is 1. The number of carbonyl (C=O) groups is 1. The largest absolute Gasteiger partial charge is 0.383 e. The average molecular weight is 333 g/mol. The molecule has 2 unspecified atom stereocenters. The lowest BCUT2D eigenvalue weighted by Crippen LogP contribution is -2.49. The topological polar surface area (TPSA) is 84.6 Å². The number of methoxy groups -OCH3 is 1. The Kier molecular flexibility index (Phi) is 4.89. The highest BCUT2D eigenvalue weighted by molar-refractivity contribution is 5.81. The first-order valence-electron chi connectivity index (χ1n) is 8.72. The lowest BCUT2D eigenvalue weighted by Gasteiger charge is -2.35. The molecule has 1 aromatic rings. The second kappa shape index (κ2) is 6.93. The van der Waals surface area contributed by atoms with Crippen LogP contribution in [-0.2, 0) is 16.0 Å². The highest BCUT2D eigenvalue weighted by atomic mass is 16.5. The van der Waals surface area contributed by atoms with Crippen LogP contribution in [0.4, 0.5) is 11.8 Å². The third-order valence-electron chi connectivity index (χ3n) is 5.20. The molecule has 3 fully saturated rings. The molecule has 132 valence electrons. The van der Waals surface area contributed by atoms with E-state index >= 15 is 0 Å². The summed E-state index contributed by atoms with van der Waals surface area (Å²) in [7, 11) is 1.67. The van der Waals surface area contributed by atoms with Gasteiger partial charge in [-0.1, -0.05) is 6.92 Å². The van der Waals surface area contributed by atoms with Crippen LogP contribution in [0.3, 0.4) is 0 Å². The first kappa shape index (κ1) is 17.0. The minimum absolute atomic E-state index is 0.0290. The minimum Gasteiger partial charge on any atom is -0.383 e. The van der Waals surface area contributed by atoms with Crippen molar-refractivity contribution in [2.45, 2.75) is 39.2 Å². The second-order valence-corrected chi connectivity index (χ2v) is 6.69. The van der Waals surface area contributed by atoms with E-state index in [4.69, 9.17) is 10.5 Å². The van der Waals surface area contributed by atoms with Gasteiger partial charge in [0.05, 0.1) is 18.2 Å². The number of fused-ring (bicyclic) bond motifs is 4. The third-order valence-corrected chi connectivity index (χ3v) is 5.20. The van der Waals surface area contributed by atoms with E-state index in [0.29, 0.717) is 25.6 Å². The molecule has 2 atom stereocenters. The van der Waals surface area contributed by atoms with Crippen molar-refractivity contribution in [2.24, 2.45) is 5.92 Å². The molecule has 24 heavy (non-hydrogen) atoms. The van der Waals surface area contributed by atoms with E-state index in [1.807, 2.05) is 11.8 Å². The van der Waals surface area contributed by atoms with Crippen LogP contribution in [0, 0.1) is 12.8 Å². The Balaban J connectivity index is 1.90. The molecule has 4 rings (SSSR count). The minimum atomic E-state index is 0.0290. The number of piperidine rings is 1. The van der Waals surface area contributed by atoms with Gasteiger partial charge in [-0.2, -0.15) is 4.98 Å². The van der Waals surface area contributed by atoms with E-state index in [1.165, 1.54) is 0 Å². The molecule has 2 bridgehead atoms. The van der Waals surface area contributed by atoms with Crippen LogP contribution in [0.2, 0.25) is 0 Å². The van der Waals surface area contributed by atoms with Gasteiger partial charge in [-0.05, 0) is 26.2 Å². The lowest BCUT2D eigenvalue weighted by molar-refractivity contribution is -0.140. The molecule has 1 aromatic heterocycles. The number of ether oxygens (including phenoxy) is 1. The standard InChI is InChI=1S/C17H27N5O2/c1-4-14-11(2)15(20-17(18)19-14)21-9-12-5-6-13(10-21)22(16(12)23)7-8-24-3/h12-13H,4-10H2,1-3H3,(H2,18,19,20). The number of rotatable bonds is 5. The Morgan fingerprint density at radius 1 is 1.29 bits per heavy atom. The molecule has 0 radical (unpaired) electrons. The van der Waals surface area contributed by atoms with Gasteiger partial charge in [0.15, 0.2) is 0 Å². The molecule has 3 saturated heterocycles. The summed E-state index contributed by atoms with van der Waals surface area (Å²) in [6.07, 6.45) is 2.81. The predicted molar refractivity (Wildman–Crippen MR) is 92.9 cm³/mol. The van der Waals surface area contributed by atoms with Crippen LogP contribution >= 0.6 is 0 Å². The summed E-state index contributed by atoms with van der Waals surface area (Å²) >= 11 is 0. The fourth-order valence-electron chi connectivity index (χ4n) is 3.92. The van der Waals surface area contributed by atoms with Crippen LogP contribution in [0.5, 0.6) is 0 Å². The van der Waals surface area contributed by atoms with Crippen molar-refractivity contribution in [2.75, 3.05) is 44.0 Å². The summed E-state index contributed by atoms with van der Waals surface area (Å²) in [5, 5.41) is 0. The predicted octanol–water partition coefficient (Wildman–Crippen LogP) is 1.00. The van der Waals surface area contributed by atoms with Crippen molar-refractivity contribution in [3.8, 4) is 0 Å². The van der Waals surface area contributed by atoms with Crippen LogP contribution in [-0.4, -0.2) is 60.2 Å². The van der Waals surface area contributed by atoms with Gasteiger partial charge in [0.1, 0.15) is 5.82 Å². The molecular weight excluding hydrogens is 306 g/mol. The zero-order valence-corrected chi connectivity index (χ0v) is 14.8. The quantitative estimate of drug-likeness (QED) is 0.865. The Morgan fingerprint density at radius 2 is 2.08 bits per heavy atom. The van der Waals surface area contributed by atoms with E-state index in [2.05, 4.69) is 21.8 Å². The highest BCUT2D eigenvalue weighted by Gasteiger charge is 2.41. The summed E-state index contributed by atoms with van der Waals surface area (Å²) in [5.41, 5.74) is 7.97. The molecule has 0 spiro atoms. The molecule has 0 aromatic carbocycles. The molecule has 3 aliphatic heterocycles. The Bertz CT molecular complexity index is 621. The normalized spacial score (nSPS) is 23.7. The van der Waals surface area contributed by atoms with Crippen molar-refractivity contribution in [1.29, 1.82) is 0 Å². The molecule has 2 N–H and O–H groups in total. The fraction of sp³-hybridized carbons (Fsp3) is 0.706. The Labute approximate surface area is 143 Å².